The first-order valence-electron chi connectivity index (χ1n) is 5.98. The Morgan fingerprint density at radius 2 is 1.67 bits per heavy atom. The molecule has 2 aromatic carbocycles. The van der Waals surface area contributed by atoms with Crippen molar-refractivity contribution in [3.8, 4) is 5.69 Å². The van der Waals surface area contributed by atoms with Crippen LogP contribution in [-0.4, -0.2) is 9.55 Å². The summed E-state index contributed by atoms with van der Waals surface area (Å²) in [7, 11) is 0. The molecule has 0 spiro atoms. The molecule has 2 aromatic heterocycles. The van der Waals surface area contributed by atoms with E-state index in [1.165, 1.54) is 5.52 Å². The van der Waals surface area contributed by atoms with Crippen LogP contribution in [0, 0.1) is 0 Å². The lowest BCUT2D eigenvalue weighted by molar-refractivity contribution is -0.479. The van der Waals surface area contributed by atoms with Gasteiger partial charge in [-0.25, -0.2) is 9.55 Å². The third-order valence-corrected chi connectivity index (χ3v) is 3.27. The molecule has 0 atom stereocenters. The third kappa shape index (κ3) is 1.21. The molecule has 0 aliphatic carbocycles. The van der Waals surface area contributed by atoms with Crippen molar-refractivity contribution in [2.24, 2.45) is 0 Å². The highest BCUT2D eigenvalue weighted by molar-refractivity contribution is 5.73. The minimum Gasteiger partial charge on any atom is -0.240 e. The van der Waals surface area contributed by atoms with Crippen LogP contribution in [0.3, 0.4) is 0 Å². The second-order valence-electron chi connectivity index (χ2n) is 4.34. The van der Waals surface area contributed by atoms with E-state index in [0.29, 0.717) is 0 Å². The fourth-order valence-corrected chi connectivity index (χ4v) is 2.41. The summed E-state index contributed by atoms with van der Waals surface area (Å²) in [6.45, 7) is 0. The van der Waals surface area contributed by atoms with E-state index in [9.17, 15) is 0 Å². The second-order valence-corrected chi connectivity index (χ2v) is 4.34. The molecule has 2 heterocycles. The van der Waals surface area contributed by atoms with Crippen LogP contribution < -0.4 is 4.40 Å². The molecular weight excluding hydrogens is 222 g/mol. The number of aromatic nitrogens is 3. The number of para-hydroxylation sites is 3. The number of fused-ring (bicyclic) bond motifs is 3. The van der Waals surface area contributed by atoms with Crippen LogP contribution in [-0.2, 0) is 0 Å². The van der Waals surface area contributed by atoms with Gasteiger partial charge in [0.2, 0.25) is 0 Å². The summed E-state index contributed by atoms with van der Waals surface area (Å²) in [4.78, 5) is 3.45. The van der Waals surface area contributed by atoms with Crippen molar-refractivity contribution in [2.75, 3.05) is 0 Å². The largest absolute Gasteiger partial charge is 0.372 e. The number of hydrogen-bond donors (Lipinski definition) is 1. The molecule has 0 bridgehead atoms. The molecule has 0 saturated heterocycles. The molecule has 0 aliphatic rings. The number of benzene rings is 2. The zero-order valence-corrected chi connectivity index (χ0v) is 9.75. The average Bonchev–Trinajstić information content (AvgIpc) is 2.98. The van der Waals surface area contributed by atoms with Crippen LogP contribution in [0.1, 0.15) is 0 Å². The minimum atomic E-state index is 1.07. The number of imidazole rings is 2. The Hall–Kier alpha value is -2.55. The van der Waals surface area contributed by atoms with Crippen molar-refractivity contribution >= 4 is 16.8 Å². The SMILES string of the molecule is c1ccc(-n2cc[n+]3c4ccccc4[nH]c23)cc1. The molecule has 0 amide bonds. The fourth-order valence-electron chi connectivity index (χ4n) is 2.41. The summed E-state index contributed by atoms with van der Waals surface area (Å²) in [5.74, 6) is 1.07. The van der Waals surface area contributed by atoms with E-state index >= 15 is 0 Å². The molecule has 0 aliphatic heterocycles. The summed E-state index contributed by atoms with van der Waals surface area (Å²) in [5, 5.41) is 0. The van der Waals surface area contributed by atoms with E-state index in [-0.39, 0.29) is 0 Å². The first-order chi connectivity index (χ1) is 8.93. The van der Waals surface area contributed by atoms with E-state index in [1.54, 1.807) is 0 Å². The van der Waals surface area contributed by atoms with E-state index < -0.39 is 0 Å². The third-order valence-electron chi connectivity index (χ3n) is 3.27. The molecule has 0 saturated carbocycles. The smallest absolute Gasteiger partial charge is 0.240 e. The van der Waals surface area contributed by atoms with Crippen LogP contribution in [0.25, 0.3) is 22.5 Å². The van der Waals surface area contributed by atoms with Gasteiger partial charge >= 0.3 is 5.78 Å². The summed E-state index contributed by atoms with van der Waals surface area (Å²) in [6.07, 6.45) is 4.16. The predicted octanol–water partition coefficient (Wildman–Crippen LogP) is 2.70. The highest BCUT2D eigenvalue weighted by Gasteiger charge is 2.15. The van der Waals surface area contributed by atoms with E-state index in [2.05, 4.69) is 68.8 Å². The molecule has 0 fully saturated rings. The first-order valence-corrected chi connectivity index (χ1v) is 5.98. The lowest BCUT2D eigenvalue weighted by Gasteiger charge is -1.94. The Kier molecular flexibility index (Phi) is 1.83. The number of H-pyrrole nitrogens is 1. The predicted molar refractivity (Wildman–Crippen MR) is 70.8 cm³/mol. The molecular formula is C15H12N3+. The lowest BCUT2D eigenvalue weighted by atomic mass is 10.3. The highest BCUT2D eigenvalue weighted by atomic mass is 15.2. The fraction of sp³-hybridized carbons (Fsp3) is 0. The van der Waals surface area contributed by atoms with Crippen molar-refractivity contribution < 1.29 is 4.40 Å². The number of aromatic amines is 1. The number of rotatable bonds is 1. The van der Waals surface area contributed by atoms with Gasteiger partial charge in [-0.2, -0.15) is 4.40 Å². The quantitative estimate of drug-likeness (QED) is 0.490. The summed E-state index contributed by atoms with van der Waals surface area (Å²) < 4.78 is 4.32. The Bertz CT molecular complexity index is 825. The Morgan fingerprint density at radius 1 is 0.889 bits per heavy atom. The van der Waals surface area contributed by atoms with Gasteiger partial charge in [0.05, 0.1) is 0 Å². The second kappa shape index (κ2) is 3.47. The first kappa shape index (κ1) is 9.48. The Morgan fingerprint density at radius 3 is 2.56 bits per heavy atom. The van der Waals surface area contributed by atoms with Gasteiger partial charge in [-0.3, -0.25) is 0 Å². The maximum absolute atomic E-state index is 3.45. The Balaban J connectivity index is 2.08. The summed E-state index contributed by atoms with van der Waals surface area (Å²) in [6, 6.07) is 18.7. The van der Waals surface area contributed by atoms with Gasteiger partial charge in [-0.1, -0.05) is 30.3 Å². The van der Waals surface area contributed by atoms with Crippen molar-refractivity contribution in [3.63, 3.8) is 0 Å². The normalized spacial score (nSPS) is 11.3. The maximum atomic E-state index is 3.45. The minimum absolute atomic E-state index is 1.07. The molecule has 1 N–H and O–H groups in total. The van der Waals surface area contributed by atoms with Crippen molar-refractivity contribution in [3.05, 3.63) is 67.0 Å². The monoisotopic (exact) mass is 234 g/mol. The maximum Gasteiger partial charge on any atom is 0.372 e. The van der Waals surface area contributed by atoms with Crippen molar-refractivity contribution in [1.82, 2.24) is 9.55 Å². The standard InChI is InChI=1S/C15H11N3/c1-2-6-12(7-3-1)17-10-11-18-14-9-5-4-8-13(14)16-15(17)18/h1-11H/p+1. The molecule has 4 aromatic rings. The summed E-state index contributed by atoms with van der Waals surface area (Å²) >= 11 is 0. The highest BCUT2D eigenvalue weighted by Crippen LogP contribution is 2.14. The molecule has 3 nitrogen and oxygen atoms in total. The molecule has 4 rings (SSSR count). The van der Waals surface area contributed by atoms with Crippen LogP contribution in [0.4, 0.5) is 0 Å². The molecule has 3 heteroatoms. The summed E-state index contributed by atoms with van der Waals surface area (Å²) in [5.41, 5.74) is 3.51. The molecule has 0 unspecified atom stereocenters. The van der Waals surface area contributed by atoms with Gasteiger partial charge in [0.15, 0.2) is 0 Å². The topological polar surface area (TPSA) is 24.8 Å². The van der Waals surface area contributed by atoms with Crippen LogP contribution >= 0.6 is 0 Å². The number of nitrogens with one attached hydrogen (secondary N) is 1. The zero-order chi connectivity index (χ0) is 11.9. The van der Waals surface area contributed by atoms with Crippen molar-refractivity contribution in [2.45, 2.75) is 0 Å². The lowest BCUT2D eigenvalue weighted by Crippen LogP contribution is -2.16. The van der Waals surface area contributed by atoms with Gasteiger partial charge in [-0.05, 0) is 24.3 Å². The van der Waals surface area contributed by atoms with E-state index in [1.807, 2.05) is 12.1 Å². The zero-order valence-electron chi connectivity index (χ0n) is 9.75. The van der Waals surface area contributed by atoms with Gasteiger partial charge in [0.25, 0.3) is 0 Å². The van der Waals surface area contributed by atoms with E-state index in [4.69, 9.17) is 0 Å². The Labute approximate surface area is 104 Å². The van der Waals surface area contributed by atoms with Crippen molar-refractivity contribution in [1.29, 1.82) is 0 Å². The molecule has 86 valence electrons. The average molecular weight is 234 g/mol. The molecule has 0 radical (unpaired) electrons. The number of hydrogen-bond acceptors (Lipinski definition) is 0. The van der Waals surface area contributed by atoms with Gasteiger partial charge in [0, 0.05) is 0 Å². The van der Waals surface area contributed by atoms with Gasteiger partial charge < -0.3 is 0 Å². The van der Waals surface area contributed by atoms with Crippen LogP contribution in [0.5, 0.6) is 0 Å². The van der Waals surface area contributed by atoms with Gasteiger partial charge in [-0.15, -0.1) is 0 Å². The molecule has 18 heavy (non-hydrogen) atoms. The van der Waals surface area contributed by atoms with E-state index in [0.717, 1.165) is 17.0 Å². The number of nitrogens with zero attached hydrogens (tertiary/aromatic N) is 2. The van der Waals surface area contributed by atoms with Crippen LogP contribution in [0.15, 0.2) is 67.0 Å². The van der Waals surface area contributed by atoms with Gasteiger partial charge in [0.1, 0.15) is 29.1 Å². The van der Waals surface area contributed by atoms with Crippen LogP contribution in [0.2, 0.25) is 0 Å².